The number of amides is 1. The molecule has 2 aliphatic heterocycles. The summed E-state index contributed by atoms with van der Waals surface area (Å²) in [5.41, 5.74) is 6.97. The molecule has 0 spiro atoms. The molecule has 4 aromatic rings. The summed E-state index contributed by atoms with van der Waals surface area (Å²) in [5.74, 6) is 1.20. The van der Waals surface area contributed by atoms with E-state index in [1.54, 1.807) is 6.07 Å². The highest BCUT2D eigenvalue weighted by Crippen LogP contribution is 2.33. The molecule has 2 atom stereocenters. The second-order valence-electron chi connectivity index (χ2n) is 10.8. The fraction of sp³-hybridized carbons (Fsp3) is 0.414. The van der Waals surface area contributed by atoms with Crippen LogP contribution in [0.2, 0.25) is 0 Å². The molecular weight excluding hydrogens is 478 g/mol. The summed E-state index contributed by atoms with van der Waals surface area (Å²) < 4.78 is 0. The fourth-order valence-electron chi connectivity index (χ4n) is 6.01. The molecule has 1 amide bonds. The number of phenols is 1. The molecule has 0 aliphatic carbocycles. The number of H-pyrrole nitrogens is 2. The lowest BCUT2D eigenvalue weighted by atomic mass is 9.97. The first-order chi connectivity index (χ1) is 18.3. The Hall–Kier alpha value is -3.69. The number of fused-ring (bicyclic) bond motifs is 2. The van der Waals surface area contributed by atoms with E-state index in [0.29, 0.717) is 13.0 Å². The van der Waals surface area contributed by atoms with E-state index in [4.69, 9.17) is 4.98 Å². The topological polar surface area (TPSA) is 104 Å². The number of aryl methyl sites for hydroxylation is 1. The zero-order valence-corrected chi connectivity index (χ0v) is 22.5. The van der Waals surface area contributed by atoms with Crippen molar-refractivity contribution in [2.24, 2.45) is 0 Å². The van der Waals surface area contributed by atoms with Crippen molar-refractivity contribution in [1.29, 1.82) is 0 Å². The van der Waals surface area contributed by atoms with E-state index in [1.165, 1.54) is 0 Å². The molecule has 0 saturated carbocycles. The number of nitrogens with zero attached hydrogens (tertiary/aromatic N) is 5. The molecule has 0 unspecified atom stereocenters. The Labute approximate surface area is 222 Å². The molecule has 9 heteroatoms. The average Bonchev–Trinajstić information content (AvgIpc) is 3.50. The normalized spacial score (nSPS) is 20.7. The van der Waals surface area contributed by atoms with E-state index in [0.717, 1.165) is 76.6 Å². The number of likely N-dealkylation sites (N-methyl/N-ethyl adjacent to an activating group) is 2. The predicted molar refractivity (Wildman–Crippen MR) is 148 cm³/mol. The van der Waals surface area contributed by atoms with Crippen molar-refractivity contribution in [2.45, 2.75) is 45.3 Å². The molecule has 3 N–H and O–H groups in total. The third kappa shape index (κ3) is 4.25. The van der Waals surface area contributed by atoms with E-state index < -0.39 is 0 Å². The minimum absolute atomic E-state index is 0.196. The van der Waals surface area contributed by atoms with Gasteiger partial charge in [0.2, 0.25) is 5.91 Å². The maximum atomic E-state index is 13.5. The van der Waals surface area contributed by atoms with Gasteiger partial charge in [0.25, 0.3) is 0 Å². The van der Waals surface area contributed by atoms with Crippen LogP contribution >= 0.6 is 0 Å². The van der Waals surface area contributed by atoms with Gasteiger partial charge < -0.3 is 19.9 Å². The molecule has 0 bridgehead atoms. The minimum atomic E-state index is -0.207. The van der Waals surface area contributed by atoms with Gasteiger partial charge in [-0.25, -0.2) is 4.98 Å². The van der Waals surface area contributed by atoms with Gasteiger partial charge in [-0.05, 0) is 68.4 Å². The van der Waals surface area contributed by atoms with E-state index in [2.05, 4.69) is 64.1 Å². The Kier molecular flexibility index (Phi) is 6.20. The number of benzene rings is 2. The quantitative estimate of drug-likeness (QED) is 0.386. The van der Waals surface area contributed by atoms with Crippen molar-refractivity contribution < 1.29 is 9.90 Å². The summed E-state index contributed by atoms with van der Waals surface area (Å²) in [4.78, 5) is 28.4. The third-order valence-corrected chi connectivity index (χ3v) is 8.16. The average molecular weight is 514 g/mol. The monoisotopic (exact) mass is 513 g/mol. The number of aromatic hydroxyl groups is 1. The standard InChI is InChI=1S/C29H35N7O2/c1-5-18-12-20(37)7-9-21(18)19-6-8-22-23(13-19)32-33-27(22)28-30-24-14-26(35(4)16-25(24)31-28)29(38)36-11-10-34(3)15-17(36)2/h6-9,12-13,17,26,37H,5,10-11,14-16H2,1-4H3,(H,30,31)(H,32,33)/t17-,26-/m0/s1. The van der Waals surface area contributed by atoms with Gasteiger partial charge in [0.1, 0.15) is 11.4 Å². The van der Waals surface area contributed by atoms with E-state index in [-0.39, 0.29) is 23.7 Å². The molecule has 1 saturated heterocycles. The summed E-state index contributed by atoms with van der Waals surface area (Å²) in [6.45, 7) is 7.45. The second-order valence-corrected chi connectivity index (χ2v) is 10.8. The van der Waals surface area contributed by atoms with Crippen LogP contribution in [0, 0.1) is 0 Å². The Balaban J connectivity index is 1.27. The molecule has 38 heavy (non-hydrogen) atoms. The molecule has 9 nitrogen and oxygen atoms in total. The summed E-state index contributed by atoms with van der Waals surface area (Å²) >= 11 is 0. The lowest BCUT2D eigenvalue weighted by Crippen LogP contribution is -2.58. The van der Waals surface area contributed by atoms with Crippen LogP contribution in [0.25, 0.3) is 33.5 Å². The smallest absolute Gasteiger partial charge is 0.240 e. The number of aromatic nitrogens is 4. The maximum absolute atomic E-state index is 13.5. The van der Waals surface area contributed by atoms with Gasteiger partial charge >= 0.3 is 0 Å². The Bertz CT molecular complexity index is 1510. The van der Waals surface area contributed by atoms with Crippen LogP contribution in [0.1, 0.15) is 30.8 Å². The van der Waals surface area contributed by atoms with Crippen LogP contribution in [-0.4, -0.2) is 91.7 Å². The molecule has 6 rings (SSSR count). The minimum Gasteiger partial charge on any atom is -0.508 e. The SMILES string of the molecule is CCc1cc(O)ccc1-c1ccc2c(-c3nc4c([nH]3)CN(C)[C@H](C(=O)N3CCN(C)C[C@@H]3C)C4)n[nH]c2c1. The summed E-state index contributed by atoms with van der Waals surface area (Å²) in [7, 11) is 4.13. The molecular formula is C29H35N7O2. The largest absolute Gasteiger partial charge is 0.508 e. The van der Waals surface area contributed by atoms with Gasteiger partial charge in [0.15, 0.2) is 5.82 Å². The van der Waals surface area contributed by atoms with Crippen molar-refractivity contribution in [3.63, 3.8) is 0 Å². The molecule has 2 aromatic carbocycles. The van der Waals surface area contributed by atoms with Crippen LogP contribution in [0.15, 0.2) is 36.4 Å². The number of carbonyl (C=O) groups excluding carboxylic acids is 1. The molecule has 198 valence electrons. The first-order valence-electron chi connectivity index (χ1n) is 13.4. The fourth-order valence-corrected chi connectivity index (χ4v) is 6.01. The van der Waals surface area contributed by atoms with E-state index in [1.807, 2.05) is 24.1 Å². The van der Waals surface area contributed by atoms with Gasteiger partial charge in [-0.2, -0.15) is 5.10 Å². The summed E-state index contributed by atoms with van der Waals surface area (Å²) in [6.07, 6.45) is 1.42. The number of hydrogen-bond donors (Lipinski definition) is 3. The Morgan fingerprint density at radius 3 is 2.79 bits per heavy atom. The highest BCUT2D eigenvalue weighted by Gasteiger charge is 2.37. The van der Waals surface area contributed by atoms with Crippen LogP contribution in [-0.2, 0) is 24.2 Å². The number of hydrogen-bond acceptors (Lipinski definition) is 6. The number of piperazine rings is 1. The molecule has 2 aromatic heterocycles. The lowest BCUT2D eigenvalue weighted by Gasteiger charge is -2.42. The number of phenolic OH excluding ortho intramolecular Hbond substituents is 1. The molecule has 0 radical (unpaired) electrons. The summed E-state index contributed by atoms with van der Waals surface area (Å²) in [6, 6.07) is 11.8. The second kappa shape index (κ2) is 9.56. The number of aromatic amines is 2. The number of carbonyl (C=O) groups is 1. The molecule has 2 aliphatic rings. The van der Waals surface area contributed by atoms with Crippen molar-refractivity contribution in [3.8, 4) is 28.4 Å². The Morgan fingerprint density at radius 2 is 2.00 bits per heavy atom. The Morgan fingerprint density at radius 1 is 1.16 bits per heavy atom. The molecule has 4 heterocycles. The van der Waals surface area contributed by atoms with Crippen molar-refractivity contribution in [3.05, 3.63) is 53.3 Å². The maximum Gasteiger partial charge on any atom is 0.240 e. The van der Waals surface area contributed by atoms with E-state index in [9.17, 15) is 9.90 Å². The van der Waals surface area contributed by atoms with Crippen molar-refractivity contribution in [1.82, 2.24) is 34.9 Å². The lowest BCUT2D eigenvalue weighted by molar-refractivity contribution is -0.141. The van der Waals surface area contributed by atoms with Crippen LogP contribution in [0.4, 0.5) is 0 Å². The van der Waals surface area contributed by atoms with Crippen LogP contribution in [0.3, 0.4) is 0 Å². The van der Waals surface area contributed by atoms with Gasteiger partial charge in [-0.1, -0.05) is 19.1 Å². The zero-order valence-electron chi connectivity index (χ0n) is 22.5. The number of nitrogens with one attached hydrogen (secondary N) is 2. The first-order valence-corrected chi connectivity index (χ1v) is 13.4. The van der Waals surface area contributed by atoms with Crippen LogP contribution < -0.4 is 0 Å². The van der Waals surface area contributed by atoms with Crippen LogP contribution in [0.5, 0.6) is 5.75 Å². The predicted octanol–water partition coefficient (Wildman–Crippen LogP) is 3.41. The van der Waals surface area contributed by atoms with Gasteiger partial charge in [0, 0.05) is 44.0 Å². The number of imidazole rings is 1. The highest BCUT2D eigenvalue weighted by molar-refractivity contribution is 5.94. The van der Waals surface area contributed by atoms with E-state index >= 15 is 0 Å². The van der Waals surface area contributed by atoms with Crippen molar-refractivity contribution >= 4 is 16.8 Å². The van der Waals surface area contributed by atoms with Gasteiger partial charge in [0.05, 0.1) is 22.9 Å². The highest BCUT2D eigenvalue weighted by atomic mass is 16.3. The van der Waals surface area contributed by atoms with Gasteiger partial charge in [-0.15, -0.1) is 0 Å². The zero-order chi connectivity index (χ0) is 26.6. The van der Waals surface area contributed by atoms with Gasteiger partial charge in [-0.3, -0.25) is 14.8 Å². The summed E-state index contributed by atoms with van der Waals surface area (Å²) in [5, 5.41) is 18.7. The number of rotatable bonds is 4. The molecule has 1 fully saturated rings. The first kappa shape index (κ1) is 24.6. The third-order valence-electron chi connectivity index (χ3n) is 8.16. The van der Waals surface area contributed by atoms with Crippen molar-refractivity contribution in [2.75, 3.05) is 33.7 Å².